The molecule has 3 aromatic carbocycles. The van der Waals surface area contributed by atoms with E-state index in [2.05, 4.69) is 10.4 Å². The van der Waals surface area contributed by atoms with Gasteiger partial charge < -0.3 is 24.8 Å². The van der Waals surface area contributed by atoms with Crippen LogP contribution in [0, 0.1) is 0 Å². The van der Waals surface area contributed by atoms with E-state index in [0.717, 1.165) is 22.4 Å². The molecule has 2 aliphatic rings. The average Bonchev–Trinajstić information content (AvgIpc) is 3.57. The largest absolute Gasteiger partial charge is 0.504 e. The third-order valence-electron chi connectivity index (χ3n) is 7.62. The van der Waals surface area contributed by atoms with Crippen molar-refractivity contribution in [1.29, 1.82) is 0 Å². The van der Waals surface area contributed by atoms with Gasteiger partial charge in [-0.3, -0.25) is 14.3 Å². The quantitative estimate of drug-likeness (QED) is 0.404. The molecule has 0 saturated carbocycles. The minimum atomic E-state index is -0.295. The average molecular weight is 539 g/mol. The second kappa shape index (κ2) is 10.4. The Labute approximate surface area is 232 Å². The van der Waals surface area contributed by atoms with Crippen molar-refractivity contribution in [3.8, 4) is 34.3 Å². The molecule has 1 fully saturated rings. The molecule has 4 bridgehead atoms. The van der Waals surface area contributed by atoms with E-state index in [-0.39, 0.29) is 41.7 Å². The van der Waals surface area contributed by atoms with Gasteiger partial charge in [-0.1, -0.05) is 42.5 Å². The Balaban J connectivity index is 1.34. The van der Waals surface area contributed by atoms with E-state index in [1.165, 1.54) is 0 Å². The van der Waals surface area contributed by atoms with Gasteiger partial charge in [-0.15, -0.1) is 0 Å². The van der Waals surface area contributed by atoms with E-state index in [0.29, 0.717) is 36.7 Å². The Kier molecular flexibility index (Phi) is 6.63. The van der Waals surface area contributed by atoms with Crippen molar-refractivity contribution < 1.29 is 24.2 Å². The number of rotatable bonds is 3. The Morgan fingerprint density at radius 3 is 2.65 bits per heavy atom. The van der Waals surface area contributed by atoms with Crippen LogP contribution in [0.25, 0.3) is 11.3 Å². The minimum absolute atomic E-state index is 0.00269. The highest BCUT2D eigenvalue weighted by molar-refractivity contribution is 5.94. The molecule has 0 radical (unpaired) electrons. The molecule has 2 N–H and O–H groups in total. The SMILES string of the molecule is COc1ccc2cc1Oc1cc(ccc1O)CCC(=O)N[C@@H]1CN(C(=O)c3cc(-c4ccccc4)nn3C)C[C@@H]21. The van der Waals surface area contributed by atoms with Crippen LogP contribution in [0.4, 0.5) is 0 Å². The summed E-state index contributed by atoms with van der Waals surface area (Å²) in [6.07, 6.45) is 0.749. The molecule has 2 amide bonds. The summed E-state index contributed by atoms with van der Waals surface area (Å²) in [5.41, 5.74) is 3.89. The molecule has 3 heterocycles. The maximum atomic E-state index is 13.8. The number of amides is 2. The van der Waals surface area contributed by atoms with Gasteiger partial charge in [0.1, 0.15) is 5.69 Å². The first-order valence-corrected chi connectivity index (χ1v) is 13.3. The molecule has 9 nitrogen and oxygen atoms in total. The fraction of sp³-hybridized carbons (Fsp3) is 0.258. The highest BCUT2D eigenvalue weighted by Gasteiger charge is 2.38. The van der Waals surface area contributed by atoms with E-state index in [4.69, 9.17) is 9.47 Å². The Morgan fingerprint density at radius 2 is 1.85 bits per heavy atom. The first kappa shape index (κ1) is 25.5. The van der Waals surface area contributed by atoms with E-state index >= 15 is 0 Å². The number of aromatic hydroxyl groups is 1. The fourth-order valence-electron chi connectivity index (χ4n) is 5.49. The van der Waals surface area contributed by atoms with Crippen LogP contribution >= 0.6 is 0 Å². The molecule has 40 heavy (non-hydrogen) atoms. The summed E-state index contributed by atoms with van der Waals surface area (Å²) in [5, 5.41) is 18.2. The van der Waals surface area contributed by atoms with Crippen molar-refractivity contribution >= 4 is 11.8 Å². The summed E-state index contributed by atoms with van der Waals surface area (Å²) in [6.45, 7) is 0.762. The molecule has 2 atom stereocenters. The molecule has 2 aliphatic heterocycles. The van der Waals surface area contributed by atoms with Crippen LogP contribution < -0.4 is 14.8 Å². The van der Waals surface area contributed by atoms with Crippen molar-refractivity contribution in [1.82, 2.24) is 20.0 Å². The minimum Gasteiger partial charge on any atom is -0.504 e. The standard InChI is InChI=1S/C31H30N4O5/c1-34-25(16-23(33-34)20-6-4-3-5-7-20)31(38)35-17-22-21-10-12-27(39-2)29(15-21)40-28-14-19(8-11-26(28)36)9-13-30(37)32-24(22)18-35/h3-8,10-12,14-16,22,24,36H,9,13,17-18H2,1-2H3,(H,32,37)/t22-,24+/m0/s1. The van der Waals surface area contributed by atoms with Crippen LogP contribution in [-0.2, 0) is 18.3 Å². The summed E-state index contributed by atoms with van der Waals surface area (Å²) in [4.78, 5) is 28.6. The van der Waals surface area contributed by atoms with Gasteiger partial charge in [0.05, 0.1) is 18.8 Å². The molecule has 9 heteroatoms. The van der Waals surface area contributed by atoms with Gasteiger partial charge in [0, 0.05) is 38.0 Å². The highest BCUT2D eigenvalue weighted by Crippen LogP contribution is 2.40. The van der Waals surface area contributed by atoms with Gasteiger partial charge in [0.15, 0.2) is 23.0 Å². The van der Waals surface area contributed by atoms with Crippen LogP contribution in [0.5, 0.6) is 23.0 Å². The van der Waals surface area contributed by atoms with Gasteiger partial charge in [-0.2, -0.15) is 5.10 Å². The molecule has 1 saturated heterocycles. The number of nitrogens with one attached hydrogen (secondary N) is 1. The summed E-state index contributed by atoms with van der Waals surface area (Å²) in [7, 11) is 3.32. The van der Waals surface area contributed by atoms with Crippen LogP contribution in [0.2, 0.25) is 0 Å². The maximum Gasteiger partial charge on any atom is 0.272 e. The number of phenolic OH excluding ortho intramolecular Hbond substituents is 1. The summed E-state index contributed by atoms with van der Waals surface area (Å²) >= 11 is 0. The normalized spacial score (nSPS) is 18.4. The van der Waals surface area contributed by atoms with E-state index in [1.54, 1.807) is 41.9 Å². The maximum absolute atomic E-state index is 13.8. The first-order chi connectivity index (χ1) is 19.4. The number of fused-ring (bicyclic) bond motifs is 6. The third kappa shape index (κ3) is 4.86. The zero-order valence-corrected chi connectivity index (χ0v) is 22.3. The van der Waals surface area contributed by atoms with E-state index in [9.17, 15) is 14.7 Å². The number of nitrogens with zero attached hydrogens (tertiary/aromatic N) is 3. The Bertz CT molecular complexity index is 1580. The van der Waals surface area contributed by atoms with Crippen LogP contribution in [-0.4, -0.2) is 57.8 Å². The number of hydrogen-bond donors (Lipinski definition) is 2. The van der Waals surface area contributed by atoms with E-state index in [1.807, 2.05) is 54.6 Å². The second-order valence-corrected chi connectivity index (χ2v) is 10.2. The number of likely N-dealkylation sites (tertiary alicyclic amines) is 1. The number of hydrogen-bond acceptors (Lipinski definition) is 6. The molecular formula is C31H30N4O5. The number of ether oxygens (including phenoxy) is 2. The summed E-state index contributed by atoms with van der Waals surface area (Å²) in [6, 6.07) is 21.9. The number of benzene rings is 3. The lowest BCUT2D eigenvalue weighted by atomic mass is 9.93. The molecule has 0 unspecified atom stereocenters. The Morgan fingerprint density at radius 1 is 1.02 bits per heavy atom. The van der Waals surface area contributed by atoms with Gasteiger partial charge in [-0.25, -0.2) is 0 Å². The molecule has 1 aromatic heterocycles. The lowest BCUT2D eigenvalue weighted by Crippen LogP contribution is -2.40. The van der Waals surface area contributed by atoms with Gasteiger partial charge in [-0.05, 0) is 47.9 Å². The summed E-state index contributed by atoms with van der Waals surface area (Å²) < 4.78 is 13.3. The first-order valence-electron chi connectivity index (χ1n) is 13.3. The third-order valence-corrected chi connectivity index (χ3v) is 7.62. The topological polar surface area (TPSA) is 106 Å². The molecule has 6 rings (SSSR count). The fourth-order valence-corrected chi connectivity index (χ4v) is 5.49. The van der Waals surface area contributed by atoms with Gasteiger partial charge in [0.2, 0.25) is 5.91 Å². The number of methoxy groups -OCH3 is 1. The molecule has 204 valence electrons. The zero-order chi connectivity index (χ0) is 27.8. The number of aryl methyl sites for hydroxylation is 2. The van der Waals surface area contributed by atoms with Crippen molar-refractivity contribution in [2.45, 2.75) is 24.8 Å². The van der Waals surface area contributed by atoms with Crippen molar-refractivity contribution in [2.24, 2.45) is 7.05 Å². The molecular weight excluding hydrogens is 508 g/mol. The number of aromatic nitrogens is 2. The highest BCUT2D eigenvalue weighted by atomic mass is 16.5. The lowest BCUT2D eigenvalue weighted by molar-refractivity contribution is -0.121. The predicted octanol–water partition coefficient (Wildman–Crippen LogP) is 4.26. The molecule has 0 spiro atoms. The predicted molar refractivity (Wildman–Crippen MR) is 149 cm³/mol. The molecule has 0 aliphatic carbocycles. The van der Waals surface area contributed by atoms with Crippen LogP contribution in [0.3, 0.4) is 0 Å². The Hall–Kier alpha value is -4.79. The van der Waals surface area contributed by atoms with Crippen LogP contribution in [0.15, 0.2) is 72.8 Å². The lowest BCUT2D eigenvalue weighted by Gasteiger charge is -2.21. The number of carbonyl (C=O) groups is 2. The smallest absolute Gasteiger partial charge is 0.272 e. The van der Waals surface area contributed by atoms with E-state index < -0.39 is 0 Å². The molecule has 4 aromatic rings. The van der Waals surface area contributed by atoms with Crippen molar-refractivity contribution in [2.75, 3.05) is 20.2 Å². The van der Waals surface area contributed by atoms with Crippen molar-refractivity contribution in [3.05, 3.63) is 89.6 Å². The number of carbonyl (C=O) groups excluding carboxylic acids is 2. The van der Waals surface area contributed by atoms with Gasteiger partial charge >= 0.3 is 0 Å². The zero-order valence-electron chi connectivity index (χ0n) is 22.3. The van der Waals surface area contributed by atoms with Gasteiger partial charge in [0.25, 0.3) is 5.91 Å². The second-order valence-electron chi connectivity index (χ2n) is 10.2. The number of phenols is 1. The van der Waals surface area contributed by atoms with Crippen molar-refractivity contribution in [3.63, 3.8) is 0 Å². The monoisotopic (exact) mass is 538 g/mol. The van der Waals surface area contributed by atoms with Crippen LogP contribution in [0.1, 0.15) is 34.0 Å². The summed E-state index contributed by atoms with van der Waals surface area (Å²) in [5.74, 6) is 0.818.